The predicted octanol–water partition coefficient (Wildman–Crippen LogP) is 1.79. The Balaban J connectivity index is 3.48. The highest BCUT2D eigenvalue weighted by atomic mass is 15.0. The molecule has 0 bridgehead atoms. The summed E-state index contributed by atoms with van der Waals surface area (Å²) in [4.78, 5) is 3.82. The number of hydrogen-bond donors (Lipinski definition) is 1. The van der Waals surface area contributed by atoms with Gasteiger partial charge in [0.1, 0.15) is 0 Å². The molecule has 0 saturated carbocycles. The number of hydrogen-bond acceptors (Lipinski definition) is 1. The Morgan fingerprint density at radius 2 is 2.00 bits per heavy atom. The van der Waals surface area contributed by atoms with Crippen LogP contribution in [0.15, 0.2) is 17.8 Å². The summed E-state index contributed by atoms with van der Waals surface area (Å²) in [6, 6.07) is 0.476. The summed E-state index contributed by atoms with van der Waals surface area (Å²) >= 11 is 0. The maximum atomic E-state index is 3.82. The Kier molecular flexibility index (Phi) is 4.63. The van der Waals surface area contributed by atoms with Crippen LogP contribution in [-0.2, 0) is 0 Å². The van der Waals surface area contributed by atoms with Gasteiger partial charge in [0.05, 0.1) is 6.34 Å². The zero-order chi connectivity index (χ0) is 7.98. The molecule has 0 unspecified atom stereocenters. The van der Waals surface area contributed by atoms with E-state index >= 15 is 0 Å². The Bertz CT molecular complexity index is 116. The molecule has 0 aromatic heterocycles. The zero-order valence-corrected chi connectivity index (χ0v) is 6.96. The van der Waals surface area contributed by atoms with Gasteiger partial charge in [-0.05, 0) is 12.8 Å². The molecule has 1 N–H and O–H groups in total. The lowest BCUT2D eigenvalue weighted by Gasteiger charge is -2.14. The van der Waals surface area contributed by atoms with Gasteiger partial charge in [-0.2, -0.15) is 0 Å². The second-order valence-electron chi connectivity index (χ2n) is 2.66. The average molecular weight is 140 g/mol. The number of nitrogens with one attached hydrogen (secondary N) is 1. The topological polar surface area (TPSA) is 24.4 Å². The van der Waals surface area contributed by atoms with Gasteiger partial charge < -0.3 is 5.32 Å². The molecule has 0 aliphatic heterocycles. The molecule has 58 valence electrons. The van der Waals surface area contributed by atoms with Crippen molar-refractivity contribution in [3.05, 3.63) is 12.8 Å². The van der Waals surface area contributed by atoms with Crippen molar-refractivity contribution in [3.63, 3.8) is 0 Å². The molecule has 1 atom stereocenters. The Morgan fingerprint density at radius 3 is 2.40 bits per heavy atom. The molecule has 0 saturated heterocycles. The van der Waals surface area contributed by atoms with Crippen LogP contribution in [0.5, 0.6) is 0 Å². The first kappa shape index (κ1) is 9.21. The molecular formula is C8H16N2. The van der Waals surface area contributed by atoms with Gasteiger partial charge in [0.15, 0.2) is 0 Å². The molecule has 0 rings (SSSR count). The molecular weight excluding hydrogens is 124 g/mol. The molecule has 2 heteroatoms. The van der Waals surface area contributed by atoms with Gasteiger partial charge in [-0.25, -0.2) is 4.99 Å². The van der Waals surface area contributed by atoms with E-state index in [-0.39, 0.29) is 0 Å². The molecule has 0 heterocycles. The molecule has 0 aromatic carbocycles. The number of aliphatic imine (C=N–C) groups is 1. The van der Waals surface area contributed by atoms with Crippen LogP contribution in [-0.4, -0.2) is 12.4 Å². The standard InChI is InChI=1S/C8H16N2/c1-5-9-6-10-8(4)7(2)3/h5-8H,1H2,2-4H3,(H,9,10)/t8-/m0/s1. The predicted molar refractivity (Wildman–Crippen MR) is 46.1 cm³/mol. The minimum Gasteiger partial charge on any atom is -0.373 e. The third-order valence-corrected chi connectivity index (χ3v) is 1.52. The number of nitrogens with zero attached hydrogens (tertiary/aromatic N) is 1. The molecule has 0 aliphatic carbocycles. The fraction of sp³-hybridized carbons (Fsp3) is 0.625. The maximum Gasteiger partial charge on any atom is 0.0880 e. The van der Waals surface area contributed by atoms with Gasteiger partial charge in [-0.1, -0.05) is 20.4 Å². The lowest BCUT2D eigenvalue weighted by molar-refractivity contribution is 0.491. The quantitative estimate of drug-likeness (QED) is 0.467. The summed E-state index contributed by atoms with van der Waals surface area (Å²) < 4.78 is 0. The molecule has 0 amide bonds. The Hall–Kier alpha value is -0.790. The van der Waals surface area contributed by atoms with Crippen LogP contribution in [0.1, 0.15) is 20.8 Å². The Labute approximate surface area is 63.0 Å². The molecule has 0 aromatic rings. The van der Waals surface area contributed by atoms with Gasteiger partial charge in [-0.3, -0.25) is 0 Å². The van der Waals surface area contributed by atoms with Crippen LogP contribution in [0.2, 0.25) is 0 Å². The molecule has 0 aliphatic rings. The molecule has 0 fully saturated rings. The monoisotopic (exact) mass is 140 g/mol. The summed E-state index contributed by atoms with van der Waals surface area (Å²) in [6.45, 7) is 9.92. The first-order chi connectivity index (χ1) is 4.68. The van der Waals surface area contributed by atoms with E-state index in [9.17, 15) is 0 Å². The minimum atomic E-state index is 0.476. The van der Waals surface area contributed by atoms with Gasteiger partial charge in [0, 0.05) is 12.2 Å². The fourth-order valence-corrected chi connectivity index (χ4v) is 0.406. The van der Waals surface area contributed by atoms with Crippen LogP contribution in [0.3, 0.4) is 0 Å². The SMILES string of the molecule is C=C/N=C\N[C@@H](C)C(C)C. The van der Waals surface area contributed by atoms with Crippen molar-refractivity contribution in [2.24, 2.45) is 10.9 Å². The van der Waals surface area contributed by atoms with E-state index in [0.717, 1.165) is 0 Å². The normalized spacial score (nSPS) is 14.0. The summed E-state index contributed by atoms with van der Waals surface area (Å²) in [5.41, 5.74) is 0. The summed E-state index contributed by atoms with van der Waals surface area (Å²) in [5, 5.41) is 3.12. The summed E-state index contributed by atoms with van der Waals surface area (Å²) in [7, 11) is 0. The van der Waals surface area contributed by atoms with Crippen LogP contribution in [0, 0.1) is 5.92 Å². The molecule has 0 radical (unpaired) electrons. The third-order valence-electron chi connectivity index (χ3n) is 1.52. The zero-order valence-electron chi connectivity index (χ0n) is 6.96. The lowest BCUT2D eigenvalue weighted by atomic mass is 10.1. The van der Waals surface area contributed by atoms with E-state index in [1.54, 1.807) is 6.34 Å². The average Bonchev–Trinajstić information content (AvgIpc) is 1.88. The summed E-state index contributed by atoms with van der Waals surface area (Å²) in [5.74, 6) is 0.635. The number of rotatable bonds is 4. The van der Waals surface area contributed by atoms with E-state index < -0.39 is 0 Å². The molecule has 10 heavy (non-hydrogen) atoms. The second-order valence-corrected chi connectivity index (χ2v) is 2.66. The van der Waals surface area contributed by atoms with E-state index in [1.165, 1.54) is 6.20 Å². The highest BCUT2D eigenvalue weighted by molar-refractivity contribution is 5.55. The smallest absolute Gasteiger partial charge is 0.0880 e. The van der Waals surface area contributed by atoms with Crippen LogP contribution in [0.25, 0.3) is 0 Å². The van der Waals surface area contributed by atoms with Crippen molar-refractivity contribution in [2.45, 2.75) is 26.8 Å². The van der Waals surface area contributed by atoms with Gasteiger partial charge >= 0.3 is 0 Å². The highest BCUT2D eigenvalue weighted by Crippen LogP contribution is 1.97. The van der Waals surface area contributed by atoms with Crippen molar-refractivity contribution in [2.75, 3.05) is 0 Å². The largest absolute Gasteiger partial charge is 0.373 e. The maximum absolute atomic E-state index is 3.82. The van der Waals surface area contributed by atoms with Crippen LogP contribution in [0.4, 0.5) is 0 Å². The van der Waals surface area contributed by atoms with Crippen molar-refractivity contribution in [3.8, 4) is 0 Å². The highest BCUT2D eigenvalue weighted by Gasteiger charge is 2.01. The van der Waals surface area contributed by atoms with Crippen molar-refractivity contribution in [1.29, 1.82) is 0 Å². The van der Waals surface area contributed by atoms with Gasteiger partial charge in [0.25, 0.3) is 0 Å². The van der Waals surface area contributed by atoms with E-state index in [1.807, 2.05) is 0 Å². The molecule has 2 nitrogen and oxygen atoms in total. The van der Waals surface area contributed by atoms with E-state index in [0.29, 0.717) is 12.0 Å². The third kappa shape index (κ3) is 4.13. The van der Waals surface area contributed by atoms with Gasteiger partial charge in [0.2, 0.25) is 0 Å². The van der Waals surface area contributed by atoms with E-state index in [4.69, 9.17) is 0 Å². The lowest BCUT2D eigenvalue weighted by Crippen LogP contribution is -2.29. The van der Waals surface area contributed by atoms with Crippen LogP contribution < -0.4 is 5.32 Å². The first-order valence-electron chi connectivity index (χ1n) is 3.57. The Morgan fingerprint density at radius 1 is 1.40 bits per heavy atom. The van der Waals surface area contributed by atoms with Crippen molar-refractivity contribution < 1.29 is 0 Å². The van der Waals surface area contributed by atoms with Crippen molar-refractivity contribution in [1.82, 2.24) is 5.32 Å². The van der Waals surface area contributed by atoms with E-state index in [2.05, 4.69) is 37.7 Å². The first-order valence-corrected chi connectivity index (χ1v) is 3.57. The summed E-state index contributed by atoms with van der Waals surface area (Å²) in [6.07, 6.45) is 3.19. The minimum absolute atomic E-state index is 0.476. The molecule has 0 spiro atoms. The van der Waals surface area contributed by atoms with Crippen LogP contribution >= 0.6 is 0 Å². The van der Waals surface area contributed by atoms with Gasteiger partial charge in [-0.15, -0.1) is 0 Å². The fourth-order valence-electron chi connectivity index (χ4n) is 0.406. The second kappa shape index (κ2) is 5.03. The van der Waals surface area contributed by atoms with Crippen molar-refractivity contribution >= 4 is 6.34 Å².